The fourth-order valence-electron chi connectivity index (χ4n) is 2.43. The number of carbonyl (C=O) groups excluding carboxylic acids is 1. The molecule has 1 fully saturated rings. The van der Waals surface area contributed by atoms with Crippen molar-refractivity contribution in [3.63, 3.8) is 0 Å². The van der Waals surface area contributed by atoms with E-state index >= 15 is 0 Å². The van der Waals surface area contributed by atoms with Crippen LogP contribution in [0.1, 0.15) is 25.3 Å². The maximum Gasteiger partial charge on any atom is 0.323 e. The van der Waals surface area contributed by atoms with E-state index in [1.165, 1.54) is 18.4 Å². The van der Waals surface area contributed by atoms with Crippen LogP contribution < -0.4 is 10.6 Å². The van der Waals surface area contributed by atoms with Crippen molar-refractivity contribution in [3.05, 3.63) is 59.1 Å². The number of carbonyl (C=O) groups is 1. The molecule has 4 heteroatoms. The van der Waals surface area contributed by atoms with E-state index in [1.54, 1.807) is 24.3 Å². The minimum absolute atomic E-state index is 0.208. The van der Waals surface area contributed by atoms with Crippen molar-refractivity contribution in [1.82, 2.24) is 0 Å². The molecular weight excluding hydrogens is 284 g/mol. The molecule has 2 N–H and O–H groups in total. The smallest absolute Gasteiger partial charge is 0.308 e. The van der Waals surface area contributed by atoms with Gasteiger partial charge in [-0.1, -0.05) is 42.8 Å². The van der Waals surface area contributed by atoms with Crippen LogP contribution in [0.5, 0.6) is 0 Å². The maximum absolute atomic E-state index is 12.1. The van der Waals surface area contributed by atoms with Crippen LogP contribution in [0.25, 0.3) is 0 Å². The van der Waals surface area contributed by atoms with Crippen molar-refractivity contribution in [2.75, 3.05) is 10.6 Å². The molecule has 0 spiro atoms. The van der Waals surface area contributed by atoms with Gasteiger partial charge in [-0.3, -0.25) is 0 Å². The molecule has 0 saturated heterocycles. The van der Waals surface area contributed by atoms with E-state index in [2.05, 4.69) is 23.6 Å². The molecule has 2 aromatic rings. The van der Waals surface area contributed by atoms with E-state index in [9.17, 15) is 4.79 Å². The quantitative estimate of drug-likeness (QED) is 0.819. The average molecular weight is 301 g/mol. The van der Waals surface area contributed by atoms with Gasteiger partial charge in [0.05, 0.1) is 0 Å². The third-order valence-electron chi connectivity index (χ3n) is 3.91. The lowest BCUT2D eigenvalue weighted by molar-refractivity contribution is 0.262. The van der Waals surface area contributed by atoms with Crippen LogP contribution in [0.15, 0.2) is 48.5 Å². The molecule has 2 aromatic carbocycles. The Balaban J connectivity index is 1.74. The van der Waals surface area contributed by atoms with Crippen LogP contribution in [-0.4, -0.2) is 6.03 Å². The first-order valence-electron chi connectivity index (χ1n) is 7.00. The lowest BCUT2D eigenvalue weighted by Crippen LogP contribution is -2.21. The average Bonchev–Trinajstić information content (AvgIpc) is 3.18. The van der Waals surface area contributed by atoms with Crippen molar-refractivity contribution < 1.29 is 4.79 Å². The predicted molar refractivity (Wildman–Crippen MR) is 87.1 cm³/mol. The van der Waals surface area contributed by atoms with E-state index in [0.717, 1.165) is 5.69 Å². The summed E-state index contributed by atoms with van der Waals surface area (Å²) in [5.74, 6) is 0. The summed E-state index contributed by atoms with van der Waals surface area (Å²) in [5.41, 5.74) is 2.96. The topological polar surface area (TPSA) is 41.1 Å². The Hall–Kier alpha value is -2.00. The van der Waals surface area contributed by atoms with Crippen molar-refractivity contribution in [1.29, 1.82) is 0 Å². The van der Waals surface area contributed by atoms with Crippen LogP contribution in [0.3, 0.4) is 0 Å². The minimum Gasteiger partial charge on any atom is -0.308 e. The Labute approximate surface area is 129 Å². The van der Waals surface area contributed by atoms with Crippen LogP contribution in [0, 0.1) is 0 Å². The number of rotatable bonds is 3. The number of urea groups is 1. The fourth-order valence-corrected chi connectivity index (χ4v) is 2.62. The zero-order chi connectivity index (χ0) is 14.9. The van der Waals surface area contributed by atoms with Crippen molar-refractivity contribution in [2.24, 2.45) is 0 Å². The summed E-state index contributed by atoms with van der Waals surface area (Å²) in [7, 11) is 0. The van der Waals surface area contributed by atoms with E-state index in [4.69, 9.17) is 11.6 Å². The minimum atomic E-state index is -0.256. The van der Waals surface area contributed by atoms with Gasteiger partial charge >= 0.3 is 6.03 Å². The number of anilines is 2. The van der Waals surface area contributed by atoms with E-state index < -0.39 is 0 Å². The third kappa shape index (κ3) is 3.19. The van der Waals surface area contributed by atoms with E-state index in [1.807, 2.05) is 18.2 Å². The highest BCUT2D eigenvalue weighted by Gasteiger charge is 2.40. The maximum atomic E-state index is 12.1. The second-order valence-electron chi connectivity index (χ2n) is 5.70. The number of amides is 2. The van der Waals surface area contributed by atoms with Gasteiger partial charge in [0.15, 0.2) is 0 Å². The van der Waals surface area contributed by atoms with Gasteiger partial charge in [0.2, 0.25) is 0 Å². The molecule has 0 atom stereocenters. The van der Waals surface area contributed by atoms with E-state index in [0.29, 0.717) is 10.7 Å². The van der Waals surface area contributed by atoms with Crippen molar-refractivity contribution in [2.45, 2.75) is 25.2 Å². The highest BCUT2D eigenvalue weighted by molar-refractivity contribution is 6.30. The molecule has 0 heterocycles. The molecule has 0 aliphatic heterocycles. The first-order valence-corrected chi connectivity index (χ1v) is 7.38. The van der Waals surface area contributed by atoms with Gasteiger partial charge in [0.1, 0.15) is 0 Å². The van der Waals surface area contributed by atoms with E-state index in [-0.39, 0.29) is 11.4 Å². The molecule has 21 heavy (non-hydrogen) atoms. The van der Waals surface area contributed by atoms with Crippen molar-refractivity contribution in [3.8, 4) is 0 Å². The predicted octanol–water partition coefficient (Wildman–Crippen LogP) is 5.04. The van der Waals surface area contributed by atoms with Gasteiger partial charge in [0.25, 0.3) is 0 Å². The number of hydrogen-bond donors (Lipinski definition) is 2. The molecule has 0 unspecified atom stereocenters. The normalized spacial score (nSPS) is 15.3. The second-order valence-corrected chi connectivity index (χ2v) is 6.13. The van der Waals surface area contributed by atoms with Gasteiger partial charge in [-0.15, -0.1) is 0 Å². The number of halogens is 1. The Morgan fingerprint density at radius 2 is 1.86 bits per heavy atom. The highest BCUT2D eigenvalue weighted by Crippen LogP contribution is 2.50. The summed E-state index contributed by atoms with van der Waals surface area (Å²) in [5, 5.41) is 6.32. The monoisotopic (exact) mass is 300 g/mol. The molecule has 0 aromatic heterocycles. The molecule has 0 bridgehead atoms. The van der Waals surface area contributed by atoms with Crippen LogP contribution >= 0.6 is 11.6 Å². The second kappa shape index (κ2) is 5.41. The molecule has 2 amide bonds. The molecule has 1 aliphatic carbocycles. The first kappa shape index (κ1) is 14.0. The SMILES string of the molecule is CC1(c2ccccc2NC(=O)Nc2cccc(Cl)c2)CC1. The van der Waals surface area contributed by atoms with Crippen molar-refractivity contribution >= 4 is 29.0 Å². The molecular formula is C17H17ClN2O. The lowest BCUT2D eigenvalue weighted by Gasteiger charge is -2.16. The Bertz CT molecular complexity index is 680. The number of hydrogen-bond acceptors (Lipinski definition) is 1. The Kier molecular flexibility index (Phi) is 3.60. The zero-order valence-electron chi connectivity index (χ0n) is 11.8. The standard InChI is InChI=1S/C17H17ClN2O/c1-17(9-10-17)14-7-2-3-8-15(14)20-16(21)19-13-6-4-5-12(18)11-13/h2-8,11H,9-10H2,1H3,(H2,19,20,21). The Morgan fingerprint density at radius 1 is 1.10 bits per heavy atom. The largest absolute Gasteiger partial charge is 0.323 e. The van der Waals surface area contributed by atoms with Crippen LogP contribution in [0.4, 0.5) is 16.2 Å². The summed E-state index contributed by atoms with van der Waals surface area (Å²) < 4.78 is 0. The molecule has 108 valence electrons. The summed E-state index contributed by atoms with van der Waals surface area (Å²) in [6, 6.07) is 14.8. The van der Waals surface area contributed by atoms with Gasteiger partial charge in [-0.25, -0.2) is 4.79 Å². The van der Waals surface area contributed by atoms with Gasteiger partial charge in [0, 0.05) is 16.4 Å². The number of nitrogens with one attached hydrogen (secondary N) is 2. The summed E-state index contributed by atoms with van der Waals surface area (Å²) >= 11 is 5.91. The molecule has 3 rings (SSSR count). The molecule has 0 radical (unpaired) electrons. The van der Waals surface area contributed by atoms with Gasteiger partial charge < -0.3 is 10.6 Å². The molecule has 1 saturated carbocycles. The molecule has 1 aliphatic rings. The third-order valence-corrected chi connectivity index (χ3v) is 4.14. The number of para-hydroxylation sites is 1. The summed E-state index contributed by atoms with van der Waals surface area (Å²) in [6.07, 6.45) is 2.34. The fraction of sp³-hybridized carbons (Fsp3) is 0.235. The van der Waals surface area contributed by atoms with Crippen LogP contribution in [0.2, 0.25) is 5.02 Å². The summed E-state index contributed by atoms with van der Waals surface area (Å²) in [6.45, 7) is 2.22. The highest BCUT2D eigenvalue weighted by atomic mass is 35.5. The Morgan fingerprint density at radius 3 is 2.57 bits per heavy atom. The first-order chi connectivity index (χ1) is 10.1. The zero-order valence-corrected chi connectivity index (χ0v) is 12.6. The van der Waals surface area contributed by atoms with Gasteiger partial charge in [-0.05, 0) is 48.1 Å². The number of benzene rings is 2. The molecule has 3 nitrogen and oxygen atoms in total. The van der Waals surface area contributed by atoms with Crippen LogP contribution in [-0.2, 0) is 5.41 Å². The van der Waals surface area contributed by atoms with Gasteiger partial charge in [-0.2, -0.15) is 0 Å². The summed E-state index contributed by atoms with van der Waals surface area (Å²) in [4.78, 5) is 12.1. The lowest BCUT2D eigenvalue weighted by atomic mass is 9.96.